The number of halogens is 3. The molecule has 0 spiro atoms. The molecule has 0 fully saturated rings. The van der Waals surface area contributed by atoms with Gasteiger partial charge in [0.05, 0.1) is 29.4 Å². The summed E-state index contributed by atoms with van der Waals surface area (Å²) in [5.74, 6) is 0. The number of rotatable bonds is 3. The predicted octanol–water partition coefficient (Wildman–Crippen LogP) is 3.29. The fourth-order valence-corrected chi connectivity index (χ4v) is 1.80. The monoisotopic (exact) mass is 320 g/mol. The summed E-state index contributed by atoms with van der Waals surface area (Å²) >= 11 is 0. The number of carbonyl (C=O) groups is 1. The number of alkyl halides is 3. The molecule has 0 saturated carbocycles. The molecule has 1 heterocycles. The van der Waals surface area contributed by atoms with Crippen LogP contribution >= 0.6 is 0 Å². The molecule has 2 rings (SSSR count). The Hall–Kier alpha value is -3.08. The van der Waals surface area contributed by atoms with E-state index in [0.29, 0.717) is 5.69 Å². The van der Waals surface area contributed by atoms with E-state index in [1.807, 2.05) is 0 Å². The number of hydrogen-bond donors (Lipinski definition) is 2. The summed E-state index contributed by atoms with van der Waals surface area (Å²) in [7, 11) is 0. The van der Waals surface area contributed by atoms with Crippen LogP contribution in [0.3, 0.4) is 0 Å². The second-order valence-corrected chi connectivity index (χ2v) is 4.50. The number of anilines is 1. The Kier molecular flexibility index (Phi) is 4.81. The molecule has 5 nitrogen and oxygen atoms in total. The molecule has 2 aromatic rings. The van der Waals surface area contributed by atoms with Gasteiger partial charge in [-0.1, -0.05) is 6.07 Å². The molecule has 0 aliphatic rings. The van der Waals surface area contributed by atoms with E-state index in [4.69, 9.17) is 5.26 Å². The zero-order chi connectivity index (χ0) is 16.9. The Bertz CT molecular complexity index is 739. The molecule has 0 atom stereocenters. The molecule has 23 heavy (non-hydrogen) atoms. The average Bonchev–Trinajstić information content (AvgIpc) is 2.53. The third-order valence-electron chi connectivity index (χ3n) is 2.86. The van der Waals surface area contributed by atoms with Crippen molar-refractivity contribution in [1.82, 2.24) is 10.3 Å². The Labute approximate surface area is 129 Å². The molecule has 8 heteroatoms. The van der Waals surface area contributed by atoms with E-state index in [1.54, 1.807) is 24.4 Å². The highest BCUT2D eigenvalue weighted by atomic mass is 19.4. The predicted molar refractivity (Wildman–Crippen MR) is 76.3 cm³/mol. The lowest BCUT2D eigenvalue weighted by Crippen LogP contribution is -2.28. The maximum atomic E-state index is 12.8. The summed E-state index contributed by atoms with van der Waals surface area (Å²) in [4.78, 5) is 15.7. The maximum absolute atomic E-state index is 12.8. The van der Waals surface area contributed by atoms with Crippen LogP contribution in [0.5, 0.6) is 0 Å². The van der Waals surface area contributed by atoms with Gasteiger partial charge in [0.2, 0.25) is 0 Å². The van der Waals surface area contributed by atoms with Crippen LogP contribution < -0.4 is 10.6 Å². The third-order valence-corrected chi connectivity index (χ3v) is 2.86. The smallest absolute Gasteiger partial charge is 0.332 e. The standard InChI is InChI=1S/C15H11F3N4O/c16-15(17,18)13-7-11(5-4-10(13)8-19)22-14(23)21-9-12-3-1-2-6-20-12/h1-7H,9H2,(H2,21,22,23). The number of nitrogens with zero attached hydrogens (tertiary/aromatic N) is 2. The van der Waals surface area contributed by atoms with Crippen LogP contribution in [0.2, 0.25) is 0 Å². The first kappa shape index (κ1) is 16.3. The fourth-order valence-electron chi connectivity index (χ4n) is 1.80. The van der Waals surface area contributed by atoms with Crippen molar-refractivity contribution in [3.8, 4) is 6.07 Å². The Morgan fingerprint density at radius 1 is 1.26 bits per heavy atom. The van der Waals surface area contributed by atoms with Gasteiger partial charge in [-0.25, -0.2) is 4.79 Å². The molecule has 0 aliphatic heterocycles. The highest BCUT2D eigenvalue weighted by Gasteiger charge is 2.33. The molecule has 1 aromatic heterocycles. The minimum absolute atomic E-state index is 0.0603. The Morgan fingerprint density at radius 3 is 2.65 bits per heavy atom. The lowest BCUT2D eigenvalue weighted by molar-refractivity contribution is -0.137. The number of carbonyl (C=O) groups excluding carboxylic acids is 1. The normalized spacial score (nSPS) is 10.7. The van der Waals surface area contributed by atoms with E-state index < -0.39 is 23.3 Å². The van der Waals surface area contributed by atoms with Crippen molar-refractivity contribution in [3.63, 3.8) is 0 Å². The van der Waals surface area contributed by atoms with Crippen LogP contribution in [-0.4, -0.2) is 11.0 Å². The molecule has 1 aromatic carbocycles. The molecule has 0 radical (unpaired) electrons. The van der Waals surface area contributed by atoms with Crippen LogP contribution in [0.4, 0.5) is 23.7 Å². The van der Waals surface area contributed by atoms with Crippen LogP contribution in [0.25, 0.3) is 0 Å². The first-order valence-electron chi connectivity index (χ1n) is 6.46. The van der Waals surface area contributed by atoms with Gasteiger partial charge in [0.25, 0.3) is 0 Å². The van der Waals surface area contributed by atoms with Gasteiger partial charge < -0.3 is 10.6 Å². The summed E-state index contributed by atoms with van der Waals surface area (Å²) < 4.78 is 38.5. The molecule has 0 bridgehead atoms. The van der Waals surface area contributed by atoms with Gasteiger partial charge in [-0.3, -0.25) is 4.98 Å². The molecule has 0 aliphatic carbocycles. The maximum Gasteiger partial charge on any atom is 0.417 e. The van der Waals surface area contributed by atoms with Crippen molar-refractivity contribution >= 4 is 11.7 Å². The third kappa shape index (κ3) is 4.44. The van der Waals surface area contributed by atoms with Gasteiger partial charge in [-0.2, -0.15) is 18.4 Å². The van der Waals surface area contributed by atoms with Crippen LogP contribution in [0.15, 0.2) is 42.6 Å². The molecular weight excluding hydrogens is 309 g/mol. The molecule has 2 amide bonds. The van der Waals surface area contributed by atoms with Gasteiger partial charge >= 0.3 is 12.2 Å². The zero-order valence-corrected chi connectivity index (χ0v) is 11.7. The van der Waals surface area contributed by atoms with E-state index in [-0.39, 0.29) is 12.2 Å². The summed E-state index contributed by atoms with van der Waals surface area (Å²) in [5, 5.41) is 13.5. The van der Waals surface area contributed by atoms with Crippen molar-refractivity contribution < 1.29 is 18.0 Å². The van der Waals surface area contributed by atoms with Crippen molar-refractivity contribution in [2.75, 3.05) is 5.32 Å². The quantitative estimate of drug-likeness (QED) is 0.911. The largest absolute Gasteiger partial charge is 0.417 e. The fraction of sp³-hybridized carbons (Fsp3) is 0.133. The number of nitrogens with one attached hydrogen (secondary N) is 2. The molecule has 0 saturated heterocycles. The Balaban J connectivity index is 2.05. The first-order chi connectivity index (χ1) is 10.9. The zero-order valence-electron chi connectivity index (χ0n) is 11.7. The summed E-state index contributed by atoms with van der Waals surface area (Å²) in [5.41, 5.74) is -1.05. The van der Waals surface area contributed by atoms with E-state index in [9.17, 15) is 18.0 Å². The number of benzene rings is 1. The van der Waals surface area contributed by atoms with E-state index >= 15 is 0 Å². The van der Waals surface area contributed by atoms with E-state index in [2.05, 4.69) is 15.6 Å². The van der Waals surface area contributed by atoms with Gasteiger partial charge in [0.1, 0.15) is 0 Å². The van der Waals surface area contributed by atoms with Gasteiger partial charge in [0.15, 0.2) is 0 Å². The molecule has 118 valence electrons. The number of pyridine rings is 1. The molecular formula is C15H11F3N4O. The van der Waals surface area contributed by atoms with E-state index in [1.165, 1.54) is 12.1 Å². The topological polar surface area (TPSA) is 77.8 Å². The summed E-state index contributed by atoms with van der Waals surface area (Å²) in [6.07, 6.45) is -3.11. The molecule has 2 N–H and O–H groups in total. The van der Waals surface area contributed by atoms with Gasteiger partial charge in [-0.05, 0) is 30.3 Å². The van der Waals surface area contributed by atoms with Crippen molar-refractivity contribution in [2.24, 2.45) is 0 Å². The lowest BCUT2D eigenvalue weighted by atomic mass is 10.1. The highest BCUT2D eigenvalue weighted by molar-refractivity contribution is 5.89. The second-order valence-electron chi connectivity index (χ2n) is 4.50. The van der Waals surface area contributed by atoms with Crippen molar-refractivity contribution in [1.29, 1.82) is 5.26 Å². The molecule has 0 unspecified atom stereocenters. The van der Waals surface area contributed by atoms with Gasteiger partial charge in [-0.15, -0.1) is 0 Å². The number of urea groups is 1. The number of nitriles is 1. The summed E-state index contributed by atoms with van der Waals surface area (Å²) in [6.45, 7) is 0.134. The Morgan fingerprint density at radius 2 is 2.04 bits per heavy atom. The number of hydrogen-bond acceptors (Lipinski definition) is 3. The van der Waals surface area contributed by atoms with Crippen molar-refractivity contribution in [3.05, 3.63) is 59.4 Å². The van der Waals surface area contributed by atoms with Crippen molar-refractivity contribution in [2.45, 2.75) is 12.7 Å². The first-order valence-corrected chi connectivity index (χ1v) is 6.46. The highest BCUT2D eigenvalue weighted by Crippen LogP contribution is 2.33. The van der Waals surface area contributed by atoms with Crippen LogP contribution in [-0.2, 0) is 12.7 Å². The lowest BCUT2D eigenvalue weighted by Gasteiger charge is -2.12. The van der Waals surface area contributed by atoms with Gasteiger partial charge in [0, 0.05) is 11.9 Å². The number of aromatic nitrogens is 1. The average molecular weight is 320 g/mol. The minimum atomic E-state index is -4.67. The summed E-state index contributed by atoms with van der Waals surface area (Å²) in [6, 6.07) is 8.93. The van der Waals surface area contributed by atoms with Crippen LogP contribution in [0.1, 0.15) is 16.8 Å². The van der Waals surface area contributed by atoms with Crippen LogP contribution in [0, 0.1) is 11.3 Å². The second kappa shape index (κ2) is 6.79. The minimum Gasteiger partial charge on any atom is -0.332 e. The van der Waals surface area contributed by atoms with E-state index in [0.717, 1.165) is 12.1 Å². The SMILES string of the molecule is N#Cc1ccc(NC(=O)NCc2ccccn2)cc1C(F)(F)F. The number of amides is 2.